The maximum absolute atomic E-state index is 12.2. The van der Waals surface area contributed by atoms with Crippen LogP contribution >= 0.6 is 0 Å². The van der Waals surface area contributed by atoms with Gasteiger partial charge in [0.05, 0.1) is 17.3 Å². The third kappa shape index (κ3) is 2.29. The Morgan fingerprint density at radius 3 is 3.12 bits per heavy atom. The van der Waals surface area contributed by atoms with Crippen molar-refractivity contribution in [3.63, 3.8) is 0 Å². The molecule has 17 heavy (non-hydrogen) atoms. The molecule has 2 N–H and O–H groups in total. The van der Waals surface area contributed by atoms with Crippen molar-refractivity contribution >= 4 is 16.8 Å². The maximum Gasteiger partial charge on any atom is 0.255 e. The molecule has 1 heterocycles. The minimum absolute atomic E-state index is 0.00935. The number of carbonyl (C=O) groups is 1. The molecule has 0 spiro atoms. The standard InChI is InChI=1S/C12H16N4O/c1-13-6-7-16(2)12(17)10-5-3-4-9-8-14-15-11(9)10/h3-5,8,13H,6-7H2,1-2H3,(H,14,15). The summed E-state index contributed by atoms with van der Waals surface area (Å²) in [5.41, 5.74) is 1.47. The Kier molecular flexibility index (Phi) is 3.39. The quantitative estimate of drug-likeness (QED) is 0.821. The summed E-state index contributed by atoms with van der Waals surface area (Å²) in [6.45, 7) is 1.46. The zero-order valence-electron chi connectivity index (χ0n) is 10.0. The number of para-hydroxylation sites is 1. The number of aromatic nitrogens is 2. The third-order valence-electron chi connectivity index (χ3n) is 2.75. The second-order valence-corrected chi connectivity index (χ2v) is 3.97. The smallest absolute Gasteiger partial charge is 0.255 e. The molecule has 0 fully saturated rings. The molecule has 0 unspecified atom stereocenters. The third-order valence-corrected chi connectivity index (χ3v) is 2.75. The van der Waals surface area contributed by atoms with E-state index in [0.717, 1.165) is 17.4 Å². The molecule has 0 aliphatic carbocycles. The highest BCUT2D eigenvalue weighted by atomic mass is 16.2. The van der Waals surface area contributed by atoms with E-state index in [4.69, 9.17) is 0 Å². The van der Waals surface area contributed by atoms with Gasteiger partial charge in [0.25, 0.3) is 5.91 Å². The van der Waals surface area contributed by atoms with E-state index >= 15 is 0 Å². The lowest BCUT2D eigenvalue weighted by Gasteiger charge is -2.17. The van der Waals surface area contributed by atoms with Crippen molar-refractivity contribution in [2.45, 2.75) is 0 Å². The number of amides is 1. The summed E-state index contributed by atoms with van der Waals surface area (Å²) in [4.78, 5) is 13.9. The predicted molar refractivity (Wildman–Crippen MR) is 67.0 cm³/mol. The first kappa shape index (κ1) is 11.6. The molecule has 0 bridgehead atoms. The second-order valence-electron chi connectivity index (χ2n) is 3.97. The molecular formula is C12H16N4O. The number of nitrogens with zero attached hydrogens (tertiary/aromatic N) is 2. The Morgan fingerprint density at radius 1 is 1.53 bits per heavy atom. The zero-order valence-corrected chi connectivity index (χ0v) is 10.0. The summed E-state index contributed by atoms with van der Waals surface area (Å²) >= 11 is 0. The number of rotatable bonds is 4. The van der Waals surface area contributed by atoms with Gasteiger partial charge in [0.2, 0.25) is 0 Å². The van der Waals surface area contributed by atoms with Crippen molar-refractivity contribution in [1.82, 2.24) is 20.4 Å². The van der Waals surface area contributed by atoms with Gasteiger partial charge in [-0.25, -0.2) is 0 Å². The molecule has 0 radical (unpaired) electrons. The first-order valence-corrected chi connectivity index (χ1v) is 5.56. The van der Waals surface area contributed by atoms with Gasteiger partial charge in [-0.15, -0.1) is 0 Å². The van der Waals surface area contributed by atoms with Gasteiger partial charge in [-0.3, -0.25) is 9.89 Å². The maximum atomic E-state index is 12.2. The molecule has 2 aromatic rings. The molecule has 0 aliphatic heterocycles. The summed E-state index contributed by atoms with van der Waals surface area (Å²) < 4.78 is 0. The number of fused-ring (bicyclic) bond motifs is 1. The lowest BCUT2D eigenvalue weighted by atomic mass is 10.1. The molecule has 1 aromatic carbocycles. The van der Waals surface area contributed by atoms with E-state index in [-0.39, 0.29) is 5.91 Å². The largest absolute Gasteiger partial charge is 0.340 e. The van der Waals surface area contributed by atoms with Crippen LogP contribution in [0, 0.1) is 0 Å². The summed E-state index contributed by atoms with van der Waals surface area (Å²) in [6.07, 6.45) is 1.72. The van der Waals surface area contributed by atoms with Crippen molar-refractivity contribution in [3.8, 4) is 0 Å². The fraction of sp³-hybridized carbons (Fsp3) is 0.333. The van der Waals surface area contributed by atoms with Crippen LogP contribution in [0.3, 0.4) is 0 Å². The molecule has 0 saturated heterocycles. The van der Waals surface area contributed by atoms with Crippen LogP contribution in [-0.4, -0.2) is 48.2 Å². The Balaban J connectivity index is 2.27. The van der Waals surface area contributed by atoms with Crippen LogP contribution in [0.4, 0.5) is 0 Å². The number of carbonyl (C=O) groups excluding carboxylic acids is 1. The van der Waals surface area contributed by atoms with E-state index in [2.05, 4.69) is 15.5 Å². The number of nitrogens with one attached hydrogen (secondary N) is 2. The van der Waals surface area contributed by atoms with Crippen molar-refractivity contribution in [2.75, 3.05) is 27.2 Å². The van der Waals surface area contributed by atoms with E-state index in [9.17, 15) is 4.79 Å². The SMILES string of the molecule is CNCCN(C)C(=O)c1cccc2cn[nH]c12. The fourth-order valence-electron chi connectivity index (χ4n) is 1.73. The number of hydrogen-bond donors (Lipinski definition) is 2. The molecule has 5 nitrogen and oxygen atoms in total. The van der Waals surface area contributed by atoms with Gasteiger partial charge >= 0.3 is 0 Å². The molecule has 2 rings (SSSR count). The van der Waals surface area contributed by atoms with Gasteiger partial charge < -0.3 is 10.2 Å². The zero-order chi connectivity index (χ0) is 12.3. The number of aromatic amines is 1. The van der Waals surface area contributed by atoms with Crippen LogP contribution in [0.1, 0.15) is 10.4 Å². The average Bonchev–Trinajstić information content (AvgIpc) is 2.82. The van der Waals surface area contributed by atoms with Crippen molar-refractivity contribution < 1.29 is 4.79 Å². The van der Waals surface area contributed by atoms with Crippen LogP contribution in [0.2, 0.25) is 0 Å². The van der Waals surface area contributed by atoms with E-state index in [0.29, 0.717) is 12.1 Å². The summed E-state index contributed by atoms with van der Waals surface area (Å²) in [6, 6.07) is 5.62. The highest BCUT2D eigenvalue weighted by Gasteiger charge is 2.14. The van der Waals surface area contributed by atoms with Crippen molar-refractivity contribution in [1.29, 1.82) is 0 Å². The molecule has 0 aliphatic rings. The molecule has 5 heteroatoms. The van der Waals surface area contributed by atoms with Gasteiger partial charge in [-0.05, 0) is 13.1 Å². The lowest BCUT2D eigenvalue weighted by Crippen LogP contribution is -2.32. The minimum atomic E-state index is 0.00935. The van der Waals surface area contributed by atoms with Crippen LogP contribution in [0.15, 0.2) is 24.4 Å². The number of hydrogen-bond acceptors (Lipinski definition) is 3. The normalized spacial score (nSPS) is 10.7. The van der Waals surface area contributed by atoms with Gasteiger partial charge in [0, 0.05) is 25.5 Å². The van der Waals surface area contributed by atoms with E-state index in [1.807, 2.05) is 25.2 Å². The highest BCUT2D eigenvalue weighted by Crippen LogP contribution is 2.16. The Labute approximate surface area is 99.8 Å². The average molecular weight is 232 g/mol. The first-order chi connectivity index (χ1) is 8.24. The lowest BCUT2D eigenvalue weighted by molar-refractivity contribution is 0.0798. The minimum Gasteiger partial charge on any atom is -0.340 e. The van der Waals surface area contributed by atoms with Gasteiger partial charge in [0.15, 0.2) is 0 Å². The molecule has 90 valence electrons. The van der Waals surface area contributed by atoms with Crippen LogP contribution in [0.25, 0.3) is 10.9 Å². The van der Waals surface area contributed by atoms with Gasteiger partial charge in [-0.2, -0.15) is 5.10 Å². The Hall–Kier alpha value is -1.88. The summed E-state index contributed by atoms with van der Waals surface area (Å²) in [7, 11) is 3.67. The number of H-pyrrole nitrogens is 1. The molecule has 0 atom stereocenters. The number of likely N-dealkylation sites (N-methyl/N-ethyl adjacent to an activating group) is 2. The first-order valence-electron chi connectivity index (χ1n) is 5.56. The van der Waals surface area contributed by atoms with E-state index < -0.39 is 0 Å². The Bertz CT molecular complexity index is 520. The monoisotopic (exact) mass is 232 g/mol. The van der Waals surface area contributed by atoms with Crippen LogP contribution < -0.4 is 5.32 Å². The summed E-state index contributed by atoms with van der Waals surface area (Å²) in [5, 5.41) is 10.8. The van der Waals surface area contributed by atoms with E-state index in [1.54, 1.807) is 18.1 Å². The second kappa shape index (κ2) is 4.97. The van der Waals surface area contributed by atoms with E-state index in [1.165, 1.54) is 0 Å². The topological polar surface area (TPSA) is 61.0 Å². The number of benzene rings is 1. The van der Waals surface area contributed by atoms with Crippen molar-refractivity contribution in [2.24, 2.45) is 0 Å². The molecule has 1 aromatic heterocycles. The summed E-state index contributed by atoms with van der Waals surface area (Å²) in [5.74, 6) is 0.00935. The fourth-order valence-corrected chi connectivity index (χ4v) is 1.73. The van der Waals surface area contributed by atoms with Gasteiger partial charge in [0.1, 0.15) is 0 Å². The highest BCUT2D eigenvalue weighted by molar-refractivity contribution is 6.05. The molecule has 0 saturated carbocycles. The predicted octanol–water partition coefficient (Wildman–Crippen LogP) is 0.854. The van der Waals surface area contributed by atoms with Crippen LogP contribution in [-0.2, 0) is 0 Å². The molecular weight excluding hydrogens is 216 g/mol. The Morgan fingerprint density at radius 2 is 2.35 bits per heavy atom. The van der Waals surface area contributed by atoms with Gasteiger partial charge in [-0.1, -0.05) is 12.1 Å². The van der Waals surface area contributed by atoms with Crippen LogP contribution in [0.5, 0.6) is 0 Å². The van der Waals surface area contributed by atoms with Crippen molar-refractivity contribution in [3.05, 3.63) is 30.0 Å². The molecule has 1 amide bonds.